The number of aryl methyl sites for hydroxylation is 1. The van der Waals surface area contributed by atoms with Crippen LogP contribution in [-0.4, -0.2) is 5.11 Å². The first-order valence-corrected chi connectivity index (χ1v) is 5.65. The van der Waals surface area contributed by atoms with Crippen LogP contribution in [0.25, 0.3) is 0 Å². The number of aliphatic hydroxyl groups excluding tert-OH is 1. The van der Waals surface area contributed by atoms with Gasteiger partial charge in [-0.05, 0) is 41.8 Å². The van der Waals surface area contributed by atoms with E-state index in [1.165, 1.54) is 12.1 Å². The Morgan fingerprint density at radius 3 is 2.24 bits per heavy atom. The lowest BCUT2D eigenvalue weighted by Gasteiger charge is -2.12. The van der Waals surface area contributed by atoms with Crippen LogP contribution in [0.1, 0.15) is 22.8 Å². The van der Waals surface area contributed by atoms with Crippen LogP contribution in [0.15, 0.2) is 42.5 Å². The summed E-state index contributed by atoms with van der Waals surface area (Å²) in [5.41, 5.74) is 2.32. The van der Waals surface area contributed by atoms with Crippen molar-refractivity contribution in [2.45, 2.75) is 13.0 Å². The number of aliphatic hydroxyl groups is 1. The summed E-state index contributed by atoms with van der Waals surface area (Å²) in [6.45, 7) is 1.88. The Bertz CT molecular complexity index is 522. The number of benzene rings is 2. The van der Waals surface area contributed by atoms with Gasteiger partial charge < -0.3 is 5.11 Å². The van der Waals surface area contributed by atoms with Crippen molar-refractivity contribution >= 4 is 11.6 Å². The molecule has 3 heteroatoms. The third kappa shape index (κ3) is 2.65. The molecule has 0 bridgehead atoms. The molecular formula is C14H12ClFO. The van der Waals surface area contributed by atoms with Gasteiger partial charge in [0, 0.05) is 5.02 Å². The minimum absolute atomic E-state index is 0.312. The zero-order chi connectivity index (χ0) is 12.4. The lowest BCUT2D eigenvalue weighted by Crippen LogP contribution is -2.00. The van der Waals surface area contributed by atoms with Gasteiger partial charge in [-0.1, -0.05) is 35.9 Å². The van der Waals surface area contributed by atoms with Crippen LogP contribution in [0.5, 0.6) is 0 Å². The van der Waals surface area contributed by atoms with Gasteiger partial charge in [0.15, 0.2) is 0 Å². The van der Waals surface area contributed by atoms with Crippen LogP contribution in [0.2, 0.25) is 5.02 Å². The second-order valence-electron chi connectivity index (χ2n) is 3.96. The van der Waals surface area contributed by atoms with Crippen LogP contribution >= 0.6 is 11.6 Å². The van der Waals surface area contributed by atoms with E-state index in [9.17, 15) is 9.50 Å². The van der Waals surface area contributed by atoms with E-state index >= 15 is 0 Å². The van der Waals surface area contributed by atoms with E-state index in [1.54, 1.807) is 24.3 Å². The molecule has 0 aliphatic carbocycles. The monoisotopic (exact) mass is 250 g/mol. The molecule has 0 radical (unpaired) electrons. The molecule has 0 fully saturated rings. The smallest absolute Gasteiger partial charge is 0.123 e. The standard InChI is InChI=1S/C14H12ClFO/c1-9-8-11(4-7-13(9)15)14(17)10-2-5-12(16)6-3-10/h2-8,14,17H,1H3. The van der Waals surface area contributed by atoms with Crippen LogP contribution in [0.3, 0.4) is 0 Å². The third-order valence-corrected chi connectivity index (χ3v) is 3.11. The van der Waals surface area contributed by atoms with E-state index in [-0.39, 0.29) is 5.82 Å². The minimum atomic E-state index is -0.758. The molecule has 2 aromatic carbocycles. The van der Waals surface area contributed by atoms with E-state index < -0.39 is 6.10 Å². The first-order valence-electron chi connectivity index (χ1n) is 5.27. The fourth-order valence-corrected chi connectivity index (χ4v) is 1.79. The molecule has 1 nitrogen and oxygen atoms in total. The molecule has 0 spiro atoms. The predicted octanol–water partition coefficient (Wildman–Crippen LogP) is 3.87. The van der Waals surface area contributed by atoms with Crippen LogP contribution < -0.4 is 0 Å². The molecule has 0 amide bonds. The Balaban J connectivity index is 2.33. The molecule has 0 heterocycles. The molecule has 1 N–H and O–H groups in total. The van der Waals surface area contributed by atoms with Crippen molar-refractivity contribution in [1.82, 2.24) is 0 Å². The normalized spacial score (nSPS) is 12.5. The maximum Gasteiger partial charge on any atom is 0.123 e. The number of rotatable bonds is 2. The molecule has 2 aromatic rings. The lowest BCUT2D eigenvalue weighted by atomic mass is 10.00. The topological polar surface area (TPSA) is 20.2 Å². The minimum Gasteiger partial charge on any atom is -0.384 e. The van der Waals surface area contributed by atoms with Gasteiger partial charge in [-0.2, -0.15) is 0 Å². The van der Waals surface area contributed by atoms with Gasteiger partial charge in [-0.15, -0.1) is 0 Å². The number of hydrogen-bond donors (Lipinski definition) is 1. The Labute approximate surface area is 104 Å². The molecule has 2 rings (SSSR count). The molecular weight excluding hydrogens is 239 g/mol. The molecule has 1 atom stereocenters. The summed E-state index contributed by atoms with van der Waals surface area (Å²) >= 11 is 5.92. The Morgan fingerprint density at radius 1 is 1.06 bits per heavy atom. The van der Waals surface area contributed by atoms with Crippen molar-refractivity contribution in [3.05, 3.63) is 70.0 Å². The van der Waals surface area contributed by atoms with Crippen LogP contribution in [-0.2, 0) is 0 Å². The highest BCUT2D eigenvalue weighted by molar-refractivity contribution is 6.31. The third-order valence-electron chi connectivity index (χ3n) is 2.68. The van der Waals surface area contributed by atoms with Gasteiger partial charge in [0.25, 0.3) is 0 Å². The summed E-state index contributed by atoms with van der Waals surface area (Å²) in [4.78, 5) is 0. The van der Waals surface area contributed by atoms with Crippen molar-refractivity contribution in [1.29, 1.82) is 0 Å². The molecule has 0 aliphatic heterocycles. The maximum atomic E-state index is 12.8. The summed E-state index contributed by atoms with van der Waals surface area (Å²) in [5.74, 6) is -0.312. The highest BCUT2D eigenvalue weighted by Gasteiger charge is 2.11. The Hall–Kier alpha value is -1.38. The fraction of sp³-hybridized carbons (Fsp3) is 0.143. The first-order chi connectivity index (χ1) is 8.08. The molecule has 17 heavy (non-hydrogen) atoms. The summed E-state index contributed by atoms with van der Waals surface area (Å²) in [6.07, 6.45) is -0.758. The molecule has 0 saturated heterocycles. The quantitative estimate of drug-likeness (QED) is 0.858. The molecule has 88 valence electrons. The molecule has 0 aromatic heterocycles. The average molecular weight is 251 g/mol. The van der Waals surface area contributed by atoms with Gasteiger partial charge in [-0.25, -0.2) is 4.39 Å². The zero-order valence-electron chi connectivity index (χ0n) is 9.32. The summed E-state index contributed by atoms with van der Waals surface area (Å²) in [7, 11) is 0. The SMILES string of the molecule is Cc1cc(C(O)c2ccc(F)cc2)ccc1Cl. The molecule has 0 aliphatic rings. The van der Waals surface area contributed by atoms with Gasteiger partial charge >= 0.3 is 0 Å². The van der Waals surface area contributed by atoms with Gasteiger partial charge in [0.1, 0.15) is 11.9 Å². The average Bonchev–Trinajstić information content (AvgIpc) is 2.33. The van der Waals surface area contributed by atoms with Gasteiger partial charge in [0.05, 0.1) is 0 Å². The van der Waals surface area contributed by atoms with Crippen molar-refractivity contribution in [3.63, 3.8) is 0 Å². The van der Waals surface area contributed by atoms with E-state index in [0.717, 1.165) is 11.1 Å². The number of halogens is 2. The maximum absolute atomic E-state index is 12.8. The molecule has 1 unspecified atom stereocenters. The van der Waals surface area contributed by atoms with Gasteiger partial charge in [0.2, 0.25) is 0 Å². The predicted molar refractivity (Wildman–Crippen MR) is 66.7 cm³/mol. The van der Waals surface area contributed by atoms with Crippen LogP contribution in [0.4, 0.5) is 4.39 Å². The highest BCUT2D eigenvalue weighted by Crippen LogP contribution is 2.25. The fourth-order valence-electron chi connectivity index (χ4n) is 1.68. The number of hydrogen-bond acceptors (Lipinski definition) is 1. The van der Waals surface area contributed by atoms with Crippen molar-refractivity contribution in [3.8, 4) is 0 Å². The zero-order valence-corrected chi connectivity index (χ0v) is 10.1. The second-order valence-corrected chi connectivity index (χ2v) is 4.37. The van der Waals surface area contributed by atoms with Crippen molar-refractivity contribution in [2.24, 2.45) is 0 Å². The summed E-state index contributed by atoms with van der Waals surface area (Å²) in [5, 5.41) is 10.8. The van der Waals surface area contributed by atoms with E-state index in [2.05, 4.69) is 0 Å². The van der Waals surface area contributed by atoms with Gasteiger partial charge in [-0.3, -0.25) is 0 Å². The molecule has 0 saturated carbocycles. The highest BCUT2D eigenvalue weighted by atomic mass is 35.5. The first kappa shape index (κ1) is 12.1. The Kier molecular flexibility index (Phi) is 3.46. The van der Waals surface area contributed by atoms with E-state index in [0.29, 0.717) is 10.6 Å². The van der Waals surface area contributed by atoms with Crippen molar-refractivity contribution < 1.29 is 9.50 Å². The van der Waals surface area contributed by atoms with Crippen molar-refractivity contribution in [2.75, 3.05) is 0 Å². The lowest BCUT2D eigenvalue weighted by molar-refractivity contribution is 0.220. The van der Waals surface area contributed by atoms with E-state index in [1.807, 2.05) is 13.0 Å². The Morgan fingerprint density at radius 2 is 1.65 bits per heavy atom. The largest absolute Gasteiger partial charge is 0.384 e. The van der Waals surface area contributed by atoms with Crippen LogP contribution in [0, 0.1) is 12.7 Å². The second kappa shape index (κ2) is 4.86. The van der Waals surface area contributed by atoms with E-state index in [4.69, 9.17) is 11.6 Å². The summed E-state index contributed by atoms with van der Waals surface area (Å²) < 4.78 is 12.8. The summed E-state index contributed by atoms with van der Waals surface area (Å²) in [6, 6.07) is 11.2.